The first-order valence-corrected chi connectivity index (χ1v) is 4.14. The van der Waals surface area contributed by atoms with E-state index in [1.165, 1.54) is 0 Å². The van der Waals surface area contributed by atoms with Crippen molar-refractivity contribution in [3.05, 3.63) is 29.8 Å². The third-order valence-electron chi connectivity index (χ3n) is 1.25. The normalized spacial score (nSPS) is 13.0. The van der Waals surface area contributed by atoms with Crippen LogP contribution in [0.25, 0.3) is 0 Å². The summed E-state index contributed by atoms with van der Waals surface area (Å²) in [6.45, 7) is 1.98. The molecule has 0 saturated heterocycles. The van der Waals surface area contributed by atoms with Crippen LogP contribution in [-0.2, 0) is 11.0 Å². The number of aryl methyl sites for hydroxylation is 1. The van der Waals surface area contributed by atoms with Gasteiger partial charge in [0.15, 0.2) is 0 Å². The molecule has 3 heteroatoms. The Morgan fingerprint density at radius 3 is 2.20 bits per heavy atom. The fraction of sp³-hybridized carbons (Fsp3) is 0.143. The van der Waals surface area contributed by atoms with E-state index < -0.39 is 11.0 Å². The molecule has 1 aromatic carbocycles. The molecule has 0 saturated carbocycles. The summed E-state index contributed by atoms with van der Waals surface area (Å²) >= 11 is 0. The lowest BCUT2D eigenvalue weighted by Crippen LogP contribution is -2.01. The van der Waals surface area contributed by atoms with E-state index in [9.17, 15) is 4.21 Å². The fourth-order valence-electron chi connectivity index (χ4n) is 0.672. The molecule has 0 heterocycles. The van der Waals surface area contributed by atoms with E-state index in [1.807, 2.05) is 19.1 Å². The molecule has 0 aliphatic carbocycles. The Balaban J connectivity index is 3.00. The number of hydrogen-bond donors (Lipinski definition) is 1. The second-order valence-corrected chi connectivity index (χ2v) is 3.18. The van der Waals surface area contributed by atoms with Crippen molar-refractivity contribution < 1.29 is 4.21 Å². The van der Waals surface area contributed by atoms with Gasteiger partial charge in [0, 0.05) is 0 Å². The Morgan fingerprint density at radius 1 is 1.30 bits per heavy atom. The van der Waals surface area contributed by atoms with E-state index in [-0.39, 0.29) is 0 Å². The molecule has 0 aliphatic rings. The number of benzene rings is 1. The minimum absolute atomic E-state index is 0.672. The van der Waals surface area contributed by atoms with Gasteiger partial charge in [0.05, 0.1) is 4.90 Å². The average Bonchev–Trinajstić information content (AvgIpc) is 1.88. The summed E-state index contributed by atoms with van der Waals surface area (Å²) in [5.41, 5.74) is 1.15. The van der Waals surface area contributed by atoms with Crippen LogP contribution in [0.15, 0.2) is 29.2 Å². The second kappa shape index (κ2) is 2.94. The molecule has 0 aliphatic heterocycles. The molecule has 0 aromatic heterocycles. The second-order valence-electron chi connectivity index (χ2n) is 2.11. The largest absolute Gasteiger partial charge is 0.248 e. The number of rotatable bonds is 1. The molecule has 0 spiro atoms. The standard InChI is InChI=1S/C7H9NOS/c1-6-2-4-7(5-3-6)10(8)9/h2-5H,8H2,1H3/t10-/m1/s1. The predicted molar refractivity (Wildman–Crippen MR) is 41.8 cm³/mol. The van der Waals surface area contributed by atoms with Crippen LogP contribution in [0, 0.1) is 6.92 Å². The molecule has 10 heavy (non-hydrogen) atoms. The zero-order chi connectivity index (χ0) is 7.56. The summed E-state index contributed by atoms with van der Waals surface area (Å²) in [6, 6.07) is 7.32. The molecule has 0 radical (unpaired) electrons. The summed E-state index contributed by atoms with van der Waals surface area (Å²) in [4.78, 5) is 0.672. The summed E-state index contributed by atoms with van der Waals surface area (Å²) < 4.78 is 10.6. The van der Waals surface area contributed by atoms with E-state index in [0.29, 0.717) is 4.90 Å². The zero-order valence-corrected chi connectivity index (χ0v) is 6.52. The van der Waals surface area contributed by atoms with Gasteiger partial charge in [0.1, 0.15) is 11.0 Å². The fourth-order valence-corrected chi connectivity index (χ4v) is 1.08. The van der Waals surface area contributed by atoms with Crippen LogP contribution in [-0.4, -0.2) is 4.21 Å². The van der Waals surface area contributed by atoms with Gasteiger partial charge in [-0.25, -0.2) is 9.35 Å². The van der Waals surface area contributed by atoms with Gasteiger partial charge in [-0.3, -0.25) is 0 Å². The van der Waals surface area contributed by atoms with E-state index in [4.69, 9.17) is 5.14 Å². The Kier molecular flexibility index (Phi) is 2.19. The van der Waals surface area contributed by atoms with Crippen molar-refractivity contribution in [2.45, 2.75) is 11.8 Å². The van der Waals surface area contributed by atoms with Crippen molar-refractivity contribution in [3.63, 3.8) is 0 Å². The van der Waals surface area contributed by atoms with Gasteiger partial charge in [-0.2, -0.15) is 0 Å². The molecule has 54 valence electrons. The Morgan fingerprint density at radius 2 is 1.80 bits per heavy atom. The molecule has 0 bridgehead atoms. The summed E-state index contributed by atoms with van der Waals surface area (Å²) in [6.07, 6.45) is 0. The molecule has 1 aromatic rings. The first kappa shape index (κ1) is 7.44. The maximum atomic E-state index is 10.6. The Labute approximate surface area is 62.6 Å². The highest BCUT2D eigenvalue weighted by molar-refractivity contribution is 7.82. The highest BCUT2D eigenvalue weighted by Gasteiger charge is 1.94. The molecule has 1 atom stereocenters. The van der Waals surface area contributed by atoms with Gasteiger partial charge in [0.2, 0.25) is 0 Å². The van der Waals surface area contributed by atoms with Crippen molar-refractivity contribution in [1.82, 2.24) is 0 Å². The van der Waals surface area contributed by atoms with Crippen LogP contribution in [0.2, 0.25) is 0 Å². The van der Waals surface area contributed by atoms with Crippen molar-refractivity contribution in [1.29, 1.82) is 0 Å². The average molecular weight is 155 g/mol. The lowest BCUT2D eigenvalue weighted by Gasteiger charge is -1.94. The topological polar surface area (TPSA) is 43.1 Å². The summed E-state index contributed by atoms with van der Waals surface area (Å²) in [5, 5.41) is 5.14. The Hall–Kier alpha value is -0.670. The minimum Gasteiger partial charge on any atom is -0.248 e. The monoisotopic (exact) mass is 155 g/mol. The number of hydrogen-bond acceptors (Lipinski definition) is 1. The summed E-state index contributed by atoms with van der Waals surface area (Å²) in [7, 11) is -1.34. The Bertz CT molecular complexity index is 242. The van der Waals surface area contributed by atoms with Crippen LogP contribution in [0.5, 0.6) is 0 Å². The molecular weight excluding hydrogens is 146 g/mol. The maximum Gasteiger partial charge on any atom is 0.122 e. The third kappa shape index (κ3) is 1.65. The first-order valence-electron chi connectivity index (χ1n) is 2.93. The van der Waals surface area contributed by atoms with Crippen molar-refractivity contribution >= 4 is 11.0 Å². The van der Waals surface area contributed by atoms with Gasteiger partial charge in [-0.1, -0.05) is 17.7 Å². The van der Waals surface area contributed by atoms with Crippen molar-refractivity contribution in [2.24, 2.45) is 5.14 Å². The molecular formula is C7H9NOS. The lowest BCUT2D eigenvalue weighted by atomic mass is 10.2. The predicted octanol–water partition coefficient (Wildman–Crippen LogP) is 0.976. The van der Waals surface area contributed by atoms with E-state index >= 15 is 0 Å². The van der Waals surface area contributed by atoms with Crippen LogP contribution in [0.1, 0.15) is 5.56 Å². The van der Waals surface area contributed by atoms with Crippen LogP contribution < -0.4 is 5.14 Å². The highest BCUT2D eigenvalue weighted by atomic mass is 32.2. The van der Waals surface area contributed by atoms with Crippen LogP contribution >= 0.6 is 0 Å². The van der Waals surface area contributed by atoms with Crippen molar-refractivity contribution in [2.75, 3.05) is 0 Å². The van der Waals surface area contributed by atoms with E-state index in [2.05, 4.69) is 0 Å². The van der Waals surface area contributed by atoms with Crippen LogP contribution in [0.4, 0.5) is 0 Å². The molecule has 0 amide bonds. The molecule has 0 fully saturated rings. The van der Waals surface area contributed by atoms with E-state index in [0.717, 1.165) is 5.56 Å². The van der Waals surface area contributed by atoms with Gasteiger partial charge in [-0.05, 0) is 19.1 Å². The zero-order valence-electron chi connectivity index (χ0n) is 5.70. The molecule has 0 unspecified atom stereocenters. The molecule has 1 rings (SSSR count). The first-order chi connectivity index (χ1) is 4.70. The molecule has 2 N–H and O–H groups in total. The highest BCUT2D eigenvalue weighted by Crippen LogP contribution is 2.04. The van der Waals surface area contributed by atoms with Gasteiger partial charge >= 0.3 is 0 Å². The smallest absolute Gasteiger partial charge is 0.122 e. The van der Waals surface area contributed by atoms with Gasteiger partial charge in [0.25, 0.3) is 0 Å². The maximum absolute atomic E-state index is 10.6. The lowest BCUT2D eigenvalue weighted by molar-refractivity contribution is 0.684. The summed E-state index contributed by atoms with van der Waals surface area (Å²) in [5.74, 6) is 0. The number of nitrogens with two attached hydrogens (primary N) is 1. The minimum atomic E-state index is -1.34. The van der Waals surface area contributed by atoms with Gasteiger partial charge in [-0.15, -0.1) is 0 Å². The van der Waals surface area contributed by atoms with Crippen LogP contribution in [0.3, 0.4) is 0 Å². The SMILES string of the molecule is Cc1ccc([S@](N)=O)cc1. The third-order valence-corrected chi connectivity index (χ3v) is 1.99. The quantitative estimate of drug-likeness (QED) is 0.645. The molecule has 2 nitrogen and oxygen atoms in total. The van der Waals surface area contributed by atoms with Gasteiger partial charge < -0.3 is 0 Å². The van der Waals surface area contributed by atoms with E-state index in [1.54, 1.807) is 12.1 Å². The van der Waals surface area contributed by atoms with Crippen molar-refractivity contribution in [3.8, 4) is 0 Å².